The molecule has 0 bridgehead atoms. The van der Waals surface area contributed by atoms with Crippen molar-refractivity contribution in [3.8, 4) is 0 Å². The fraction of sp³-hybridized carbons (Fsp3) is 0.333. The van der Waals surface area contributed by atoms with Crippen LogP contribution in [-0.2, 0) is 0 Å². The Morgan fingerprint density at radius 3 is 2.50 bits per heavy atom. The van der Waals surface area contributed by atoms with E-state index < -0.39 is 4.92 Å². The zero-order valence-corrected chi connectivity index (χ0v) is 8.91. The van der Waals surface area contributed by atoms with Gasteiger partial charge in [0.25, 0.3) is 5.69 Å². The third-order valence-electron chi connectivity index (χ3n) is 1.85. The first-order chi connectivity index (χ1) is 7.41. The van der Waals surface area contributed by atoms with Gasteiger partial charge in [-0.1, -0.05) is 0 Å². The number of rotatable bonds is 4. The van der Waals surface area contributed by atoms with Gasteiger partial charge in [0.15, 0.2) is 0 Å². The van der Waals surface area contributed by atoms with Gasteiger partial charge in [0, 0.05) is 12.1 Å². The highest BCUT2D eigenvalue weighted by molar-refractivity contribution is 5.67. The molecule has 1 aromatic carbocycles. The Bertz CT molecular complexity index is 392. The Morgan fingerprint density at radius 2 is 2.06 bits per heavy atom. The van der Waals surface area contributed by atoms with Gasteiger partial charge in [0.2, 0.25) is 0 Å². The van der Waals surface area contributed by atoms with Gasteiger partial charge in [0.05, 0.1) is 4.92 Å². The maximum atomic E-state index is 10.8. The molecular formula is C9H13N3O4. The molecular weight excluding hydrogens is 214 g/mol. The molecule has 88 valence electrons. The summed E-state index contributed by atoms with van der Waals surface area (Å²) in [6.07, 6.45) is 0. The summed E-state index contributed by atoms with van der Waals surface area (Å²) in [5.74, 6) is 0. The lowest BCUT2D eigenvalue weighted by Gasteiger charge is -2.12. The normalized spacial score (nSPS) is 10.3. The van der Waals surface area contributed by atoms with Crippen molar-refractivity contribution in [2.24, 2.45) is 0 Å². The quantitative estimate of drug-likeness (QED) is 0.537. The second-order valence-electron chi connectivity index (χ2n) is 3.55. The number of nitrogens with one attached hydrogen (secondary N) is 1. The number of nitro benzene ring substituents is 1. The highest BCUT2D eigenvalue weighted by Crippen LogP contribution is 2.29. The minimum Gasteiger partial charge on any atom is -0.377 e. The second-order valence-corrected chi connectivity index (χ2v) is 3.55. The topological polar surface area (TPSA) is 98.9 Å². The van der Waals surface area contributed by atoms with Gasteiger partial charge in [-0.2, -0.15) is 0 Å². The van der Waals surface area contributed by atoms with Crippen LogP contribution in [0.2, 0.25) is 0 Å². The standard InChI is InChI=1S/C9H13N3O4/c1-6(2)10-8-4-3-7(11(13)14)5-9(8)12(15)16/h3-6,10,13-14H,1-2H3. The molecule has 0 unspecified atom stereocenters. The van der Waals surface area contributed by atoms with Gasteiger partial charge in [-0.15, -0.1) is 5.23 Å². The van der Waals surface area contributed by atoms with E-state index in [0.29, 0.717) is 5.69 Å². The summed E-state index contributed by atoms with van der Waals surface area (Å²) in [6, 6.07) is 3.90. The molecule has 0 radical (unpaired) electrons. The van der Waals surface area contributed by atoms with E-state index in [2.05, 4.69) is 5.32 Å². The van der Waals surface area contributed by atoms with Crippen LogP contribution in [0.4, 0.5) is 17.1 Å². The Kier molecular flexibility index (Phi) is 3.64. The summed E-state index contributed by atoms with van der Waals surface area (Å²) >= 11 is 0. The van der Waals surface area contributed by atoms with E-state index in [9.17, 15) is 10.1 Å². The third kappa shape index (κ3) is 2.81. The van der Waals surface area contributed by atoms with E-state index in [-0.39, 0.29) is 22.6 Å². The minimum atomic E-state index is -0.586. The highest BCUT2D eigenvalue weighted by Gasteiger charge is 2.16. The third-order valence-corrected chi connectivity index (χ3v) is 1.85. The van der Waals surface area contributed by atoms with Crippen molar-refractivity contribution in [3.63, 3.8) is 0 Å². The van der Waals surface area contributed by atoms with Crippen molar-refractivity contribution in [1.82, 2.24) is 0 Å². The molecule has 0 saturated carbocycles. The minimum absolute atomic E-state index is 0.0453. The molecule has 1 aromatic rings. The monoisotopic (exact) mass is 227 g/mol. The van der Waals surface area contributed by atoms with E-state index in [4.69, 9.17) is 10.4 Å². The number of hydrogen-bond acceptors (Lipinski definition) is 6. The van der Waals surface area contributed by atoms with E-state index in [0.717, 1.165) is 6.07 Å². The largest absolute Gasteiger partial charge is 0.377 e. The molecule has 0 aromatic heterocycles. The van der Waals surface area contributed by atoms with Crippen molar-refractivity contribution in [2.45, 2.75) is 19.9 Å². The second kappa shape index (κ2) is 4.77. The van der Waals surface area contributed by atoms with Crippen molar-refractivity contribution in [1.29, 1.82) is 0 Å². The molecule has 3 N–H and O–H groups in total. The highest BCUT2D eigenvalue weighted by atomic mass is 16.8. The summed E-state index contributed by atoms with van der Waals surface area (Å²) in [4.78, 5) is 10.2. The predicted molar refractivity (Wildman–Crippen MR) is 57.9 cm³/mol. The lowest BCUT2D eigenvalue weighted by Crippen LogP contribution is -2.14. The molecule has 0 amide bonds. The first-order valence-corrected chi connectivity index (χ1v) is 4.64. The molecule has 16 heavy (non-hydrogen) atoms. The number of benzene rings is 1. The smallest absolute Gasteiger partial charge is 0.294 e. The van der Waals surface area contributed by atoms with E-state index in [1.807, 2.05) is 13.8 Å². The molecule has 0 aliphatic heterocycles. The van der Waals surface area contributed by atoms with Gasteiger partial charge >= 0.3 is 0 Å². The lowest BCUT2D eigenvalue weighted by atomic mass is 10.2. The fourth-order valence-electron chi connectivity index (χ4n) is 1.23. The van der Waals surface area contributed by atoms with E-state index in [1.54, 1.807) is 0 Å². The SMILES string of the molecule is CC(C)Nc1ccc(N(O)O)cc1[N+](=O)[O-]. The van der Waals surface area contributed by atoms with Crippen LogP contribution in [0.25, 0.3) is 0 Å². The Balaban J connectivity index is 3.14. The zero-order chi connectivity index (χ0) is 12.3. The predicted octanol–water partition coefficient (Wildman–Crippen LogP) is 2.00. The van der Waals surface area contributed by atoms with Crippen LogP contribution in [0.1, 0.15) is 13.8 Å². The molecule has 0 aliphatic rings. The van der Waals surface area contributed by atoms with Gasteiger partial charge in [-0.25, -0.2) is 0 Å². The zero-order valence-electron chi connectivity index (χ0n) is 8.91. The maximum Gasteiger partial charge on any atom is 0.294 e. The molecule has 7 nitrogen and oxygen atoms in total. The summed E-state index contributed by atoms with van der Waals surface area (Å²) in [6.45, 7) is 3.70. The fourth-order valence-corrected chi connectivity index (χ4v) is 1.23. The van der Waals surface area contributed by atoms with Crippen LogP contribution < -0.4 is 10.5 Å². The van der Waals surface area contributed by atoms with Crippen molar-refractivity contribution in [2.75, 3.05) is 10.5 Å². The molecule has 0 atom stereocenters. The lowest BCUT2D eigenvalue weighted by molar-refractivity contribution is -0.384. The van der Waals surface area contributed by atoms with Gasteiger partial charge < -0.3 is 5.32 Å². The molecule has 0 spiro atoms. The molecule has 0 saturated heterocycles. The Hall–Kier alpha value is -1.86. The van der Waals surface area contributed by atoms with Gasteiger partial charge in [-0.3, -0.25) is 20.5 Å². The molecule has 0 heterocycles. The first-order valence-electron chi connectivity index (χ1n) is 4.64. The summed E-state index contributed by atoms with van der Waals surface area (Å²) in [5, 5.41) is 31.0. The number of hydrogen-bond donors (Lipinski definition) is 3. The summed E-state index contributed by atoms with van der Waals surface area (Å²) < 4.78 is 0. The van der Waals surface area contributed by atoms with Crippen LogP contribution in [0, 0.1) is 10.1 Å². The van der Waals surface area contributed by atoms with Crippen molar-refractivity contribution >= 4 is 17.1 Å². The van der Waals surface area contributed by atoms with Gasteiger partial charge in [0.1, 0.15) is 11.4 Å². The number of nitrogens with zero attached hydrogens (tertiary/aromatic N) is 2. The first kappa shape index (κ1) is 12.2. The maximum absolute atomic E-state index is 10.8. The van der Waals surface area contributed by atoms with Crippen LogP contribution >= 0.6 is 0 Å². The van der Waals surface area contributed by atoms with Crippen LogP contribution in [0.5, 0.6) is 0 Å². The number of nitro groups is 1. The van der Waals surface area contributed by atoms with Crippen LogP contribution in [-0.4, -0.2) is 21.4 Å². The van der Waals surface area contributed by atoms with Crippen molar-refractivity contribution in [3.05, 3.63) is 28.3 Å². The molecule has 0 aliphatic carbocycles. The van der Waals surface area contributed by atoms with Crippen LogP contribution in [0.3, 0.4) is 0 Å². The molecule has 1 rings (SSSR count). The summed E-state index contributed by atoms with van der Waals surface area (Å²) in [7, 11) is 0. The van der Waals surface area contributed by atoms with Gasteiger partial charge in [-0.05, 0) is 26.0 Å². The van der Waals surface area contributed by atoms with E-state index >= 15 is 0 Å². The molecule has 7 heteroatoms. The average molecular weight is 227 g/mol. The number of anilines is 2. The molecule has 0 fully saturated rings. The summed E-state index contributed by atoms with van der Waals surface area (Å²) in [5.41, 5.74) is 0.0610. The van der Waals surface area contributed by atoms with E-state index in [1.165, 1.54) is 12.1 Å². The Labute approximate surface area is 92.0 Å². The Morgan fingerprint density at radius 1 is 1.44 bits per heavy atom. The average Bonchev–Trinajstić information content (AvgIpc) is 2.16. The van der Waals surface area contributed by atoms with Crippen molar-refractivity contribution < 1.29 is 15.3 Å². The van der Waals surface area contributed by atoms with Crippen LogP contribution in [0.15, 0.2) is 18.2 Å².